The zero-order valence-corrected chi connectivity index (χ0v) is 17.4. The Morgan fingerprint density at radius 1 is 1.29 bits per heavy atom. The maximum atomic E-state index is 5.97. The summed E-state index contributed by atoms with van der Waals surface area (Å²) in [4.78, 5) is 9.79. The molecule has 0 spiro atoms. The summed E-state index contributed by atoms with van der Waals surface area (Å²) >= 11 is 1.69. The molecule has 0 fully saturated rings. The first kappa shape index (κ1) is 20.7. The molecule has 0 saturated heterocycles. The van der Waals surface area contributed by atoms with Crippen LogP contribution >= 0.6 is 35.3 Å². The van der Waals surface area contributed by atoms with Gasteiger partial charge in [-0.2, -0.15) is 0 Å². The molecule has 5 nitrogen and oxygen atoms in total. The van der Waals surface area contributed by atoms with Crippen molar-refractivity contribution in [3.05, 3.63) is 46.4 Å². The van der Waals surface area contributed by atoms with Crippen LogP contribution in [0.2, 0.25) is 0 Å². The van der Waals surface area contributed by atoms with Gasteiger partial charge in [0.1, 0.15) is 16.9 Å². The molecule has 0 amide bonds. The predicted molar refractivity (Wildman–Crippen MR) is 112 cm³/mol. The van der Waals surface area contributed by atoms with E-state index in [1.807, 2.05) is 36.5 Å². The zero-order valence-electron chi connectivity index (χ0n) is 14.3. The number of nitrogens with zero attached hydrogens (tertiary/aromatic N) is 2. The largest absolute Gasteiger partial charge is 0.489 e. The standard InChI is InChI=1S/C17H24N4OS.HI/c1-4-14(22-15-8-6-5-7-9-15)11-20-17(18-3)21-12-16-19-10-13(2)23-16;/h5-10,14H,4,11-12H2,1-3H3,(H2,18,20,21);1H. The first-order valence-electron chi connectivity index (χ1n) is 7.78. The minimum absolute atomic E-state index is 0. The summed E-state index contributed by atoms with van der Waals surface area (Å²) in [5.74, 6) is 1.65. The number of rotatable bonds is 7. The molecule has 7 heteroatoms. The fourth-order valence-electron chi connectivity index (χ4n) is 2.03. The Bertz CT molecular complexity index is 618. The number of aromatic nitrogens is 1. The van der Waals surface area contributed by atoms with E-state index in [-0.39, 0.29) is 30.1 Å². The third kappa shape index (κ3) is 7.04. The van der Waals surface area contributed by atoms with Gasteiger partial charge in [-0.05, 0) is 25.5 Å². The van der Waals surface area contributed by atoms with Crippen LogP contribution < -0.4 is 15.4 Å². The van der Waals surface area contributed by atoms with Crippen LogP contribution in [0.15, 0.2) is 41.5 Å². The van der Waals surface area contributed by atoms with Gasteiger partial charge in [0, 0.05) is 18.1 Å². The average molecular weight is 460 g/mol. The Balaban J connectivity index is 0.00000288. The molecule has 1 heterocycles. The molecule has 0 saturated carbocycles. The van der Waals surface area contributed by atoms with E-state index in [1.165, 1.54) is 4.88 Å². The minimum atomic E-state index is 0. The van der Waals surface area contributed by atoms with Crippen molar-refractivity contribution in [1.82, 2.24) is 15.6 Å². The second-order valence-corrected chi connectivity index (χ2v) is 6.45. The molecule has 2 aromatic rings. The molecule has 0 radical (unpaired) electrons. The number of para-hydroxylation sites is 1. The summed E-state index contributed by atoms with van der Waals surface area (Å²) in [6.45, 7) is 5.54. The van der Waals surface area contributed by atoms with Crippen molar-refractivity contribution in [3.63, 3.8) is 0 Å². The predicted octanol–water partition coefficient (Wildman–Crippen LogP) is 3.59. The number of hydrogen-bond donors (Lipinski definition) is 2. The molecule has 1 atom stereocenters. The fourth-order valence-corrected chi connectivity index (χ4v) is 2.76. The van der Waals surface area contributed by atoms with E-state index in [1.54, 1.807) is 18.4 Å². The third-order valence-electron chi connectivity index (χ3n) is 3.30. The van der Waals surface area contributed by atoms with Gasteiger partial charge < -0.3 is 15.4 Å². The molecular weight excluding hydrogens is 435 g/mol. The summed E-state index contributed by atoms with van der Waals surface area (Å²) in [7, 11) is 1.77. The molecule has 0 aliphatic rings. The van der Waals surface area contributed by atoms with Crippen LogP contribution in [-0.2, 0) is 6.54 Å². The SMILES string of the molecule is CCC(CNC(=NC)NCc1ncc(C)s1)Oc1ccccc1.I. The Morgan fingerprint density at radius 2 is 2.04 bits per heavy atom. The van der Waals surface area contributed by atoms with Crippen LogP contribution in [0.4, 0.5) is 0 Å². The number of aliphatic imine (C=N–C) groups is 1. The van der Waals surface area contributed by atoms with Crippen molar-refractivity contribution in [2.45, 2.75) is 32.9 Å². The van der Waals surface area contributed by atoms with Gasteiger partial charge in [0.05, 0.1) is 13.1 Å². The monoisotopic (exact) mass is 460 g/mol. The summed E-state index contributed by atoms with van der Waals surface area (Å²) in [6, 6.07) is 9.89. The van der Waals surface area contributed by atoms with E-state index < -0.39 is 0 Å². The number of hydrogen-bond acceptors (Lipinski definition) is 4. The quantitative estimate of drug-likeness (QED) is 0.377. The summed E-state index contributed by atoms with van der Waals surface area (Å²) in [6.07, 6.45) is 2.90. The number of thiazole rings is 1. The molecule has 0 aliphatic carbocycles. The van der Waals surface area contributed by atoms with Crippen molar-refractivity contribution < 1.29 is 4.74 Å². The van der Waals surface area contributed by atoms with E-state index in [0.717, 1.165) is 23.1 Å². The highest BCUT2D eigenvalue weighted by molar-refractivity contribution is 14.0. The number of ether oxygens (including phenoxy) is 1. The molecule has 0 aliphatic heterocycles. The minimum Gasteiger partial charge on any atom is -0.489 e. The average Bonchev–Trinajstić information content (AvgIpc) is 3.00. The maximum Gasteiger partial charge on any atom is 0.191 e. The van der Waals surface area contributed by atoms with E-state index in [0.29, 0.717) is 13.1 Å². The second kappa shape index (κ2) is 11.2. The summed E-state index contributed by atoms with van der Waals surface area (Å²) in [5.41, 5.74) is 0. The fraction of sp³-hybridized carbons (Fsp3) is 0.412. The van der Waals surface area contributed by atoms with E-state index in [9.17, 15) is 0 Å². The molecule has 0 bridgehead atoms. The Hall–Kier alpha value is -1.35. The van der Waals surface area contributed by atoms with Gasteiger partial charge in [-0.25, -0.2) is 4.98 Å². The molecule has 2 N–H and O–H groups in total. The lowest BCUT2D eigenvalue weighted by molar-refractivity contribution is 0.199. The number of nitrogens with one attached hydrogen (secondary N) is 2. The Kier molecular flexibility index (Phi) is 9.70. The van der Waals surface area contributed by atoms with Crippen molar-refractivity contribution in [2.24, 2.45) is 4.99 Å². The Morgan fingerprint density at radius 3 is 2.62 bits per heavy atom. The van der Waals surface area contributed by atoms with Gasteiger partial charge in [0.2, 0.25) is 0 Å². The van der Waals surface area contributed by atoms with E-state index >= 15 is 0 Å². The van der Waals surface area contributed by atoms with Crippen LogP contribution in [-0.4, -0.2) is 30.6 Å². The van der Waals surface area contributed by atoms with Crippen molar-refractivity contribution in [2.75, 3.05) is 13.6 Å². The number of aryl methyl sites for hydroxylation is 1. The van der Waals surface area contributed by atoms with Gasteiger partial charge in [-0.15, -0.1) is 35.3 Å². The van der Waals surface area contributed by atoms with Crippen molar-refractivity contribution >= 4 is 41.3 Å². The lowest BCUT2D eigenvalue weighted by atomic mass is 10.2. The zero-order chi connectivity index (χ0) is 16.5. The van der Waals surface area contributed by atoms with Crippen LogP contribution in [0.25, 0.3) is 0 Å². The summed E-state index contributed by atoms with van der Waals surface area (Å²) < 4.78 is 5.97. The van der Waals surface area contributed by atoms with Gasteiger partial charge in [-0.3, -0.25) is 4.99 Å². The molecule has 1 unspecified atom stereocenters. The van der Waals surface area contributed by atoms with Gasteiger partial charge in [0.25, 0.3) is 0 Å². The normalized spacial score (nSPS) is 12.2. The molecule has 24 heavy (non-hydrogen) atoms. The summed E-state index contributed by atoms with van der Waals surface area (Å²) in [5, 5.41) is 7.64. The highest BCUT2D eigenvalue weighted by Gasteiger charge is 2.09. The molecule has 2 rings (SSSR count). The Labute approximate surface area is 165 Å². The first-order chi connectivity index (χ1) is 11.2. The van der Waals surface area contributed by atoms with Crippen LogP contribution in [0.1, 0.15) is 23.2 Å². The maximum absolute atomic E-state index is 5.97. The van der Waals surface area contributed by atoms with Crippen LogP contribution in [0.5, 0.6) is 5.75 Å². The van der Waals surface area contributed by atoms with Crippen molar-refractivity contribution in [1.29, 1.82) is 0 Å². The van der Waals surface area contributed by atoms with E-state index in [2.05, 4.69) is 34.5 Å². The highest BCUT2D eigenvalue weighted by Crippen LogP contribution is 2.12. The third-order valence-corrected chi connectivity index (χ3v) is 4.21. The van der Waals surface area contributed by atoms with E-state index in [4.69, 9.17) is 4.74 Å². The second-order valence-electron chi connectivity index (χ2n) is 5.13. The lowest BCUT2D eigenvalue weighted by Gasteiger charge is -2.19. The molecule has 1 aromatic carbocycles. The number of halogens is 1. The topological polar surface area (TPSA) is 58.5 Å². The lowest BCUT2D eigenvalue weighted by Crippen LogP contribution is -2.42. The smallest absolute Gasteiger partial charge is 0.191 e. The van der Waals surface area contributed by atoms with Gasteiger partial charge in [-0.1, -0.05) is 25.1 Å². The van der Waals surface area contributed by atoms with Crippen LogP contribution in [0.3, 0.4) is 0 Å². The van der Waals surface area contributed by atoms with Crippen molar-refractivity contribution in [3.8, 4) is 5.75 Å². The van der Waals surface area contributed by atoms with Gasteiger partial charge in [0.15, 0.2) is 5.96 Å². The molecule has 132 valence electrons. The van der Waals surface area contributed by atoms with Crippen LogP contribution in [0, 0.1) is 6.92 Å². The molecule has 1 aromatic heterocycles. The number of benzene rings is 1. The first-order valence-corrected chi connectivity index (χ1v) is 8.60. The van der Waals surface area contributed by atoms with Gasteiger partial charge >= 0.3 is 0 Å². The highest BCUT2D eigenvalue weighted by atomic mass is 127. The molecular formula is C17H25IN4OS. The number of guanidine groups is 1.